The first-order valence-corrected chi connectivity index (χ1v) is 10.7. The molecule has 4 aromatic rings. The van der Waals surface area contributed by atoms with Crippen LogP contribution in [0.4, 0.5) is 11.6 Å². The number of rotatable bonds is 4. The molecule has 0 bridgehead atoms. The van der Waals surface area contributed by atoms with Gasteiger partial charge in [0.25, 0.3) is 0 Å². The van der Waals surface area contributed by atoms with Crippen molar-refractivity contribution in [3.63, 3.8) is 0 Å². The molecule has 0 aliphatic carbocycles. The fourth-order valence-corrected chi connectivity index (χ4v) is 4.23. The number of nitrogens with zero attached hydrogens (tertiary/aromatic N) is 6. The quantitative estimate of drug-likeness (QED) is 0.508. The second-order valence-electron chi connectivity index (χ2n) is 7.69. The molecule has 1 aromatic carbocycles. The maximum Gasteiger partial charge on any atom is 0.338 e. The highest BCUT2D eigenvalue weighted by Gasteiger charge is 2.21. The van der Waals surface area contributed by atoms with E-state index in [-0.39, 0.29) is 5.56 Å². The lowest BCUT2D eigenvalue weighted by Gasteiger charge is -2.36. The Hall–Kier alpha value is -3.65. The molecule has 3 aromatic heterocycles. The molecule has 5 rings (SSSR count). The van der Waals surface area contributed by atoms with E-state index in [4.69, 9.17) is 21.7 Å². The maximum absolute atomic E-state index is 11.0. The largest absolute Gasteiger partial charge is 0.478 e. The Morgan fingerprint density at radius 2 is 1.75 bits per heavy atom. The number of fused-ring (bicyclic) bond motifs is 1. The highest BCUT2D eigenvalue weighted by Crippen LogP contribution is 2.34. The number of benzene rings is 1. The van der Waals surface area contributed by atoms with Crippen LogP contribution in [-0.2, 0) is 0 Å². The third-order valence-electron chi connectivity index (χ3n) is 5.79. The number of hydrogen-bond acceptors (Lipinski definition) is 6. The van der Waals surface area contributed by atoms with Crippen LogP contribution in [0.2, 0.25) is 5.02 Å². The lowest BCUT2D eigenvalue weighted by Crippen LogP contribution is -2.47. The van der Waals surface area contributed by atoms with Crippen LogP contribution >= 0.6 is 11.6 Å². The van der Waals surface area contributed by atoms with Crippen LogP contribution in [0.15, 0.2) is 55.0 Å². The number of carboxylic acids is 1. The minimum Gasteiger partial charge on any atom is -0.478 e. The first kappa shape index (κ1) is 20.3. The lowest BCUT2D eigenvalue weighted by molar-refractivity contribution is 0.0696. The van der Waals surface area contributed by atoms with Gasteiger partial charge in [0.15, 0.2) is 0 Å². The van der Waals surface area contributed by atoms with Crippen LogP contribution in [0.25, 0.3) is 16.9 Å². The van der Waals surface area contributed by atoms with Crippen LogP contribution < -0.4 is 9.80 Å². The number of aromatic carboxylic acids is 1. The summed E-state index contributed by atoms with van der Waals surface area (Å²) in [7, 11) is 0. The van der Waals surface area contributed by atoms with Crippen LogP contribution in [0, 0.1) is 6.92 Å². The molecule has 4 heterocycles. The van der Waals surface area contributed by atoms with Crippen molar-refractivity contribution in [3.8, 4) is 11.3 Å². The smallest absolute Gasteiger partial charge is 0.338 e. The van der Waals surface area contributed by atoms with Crippen LogP contribution in [0.3, 0.4) is 0 Å². The Balaban J connectivity index is 1.36. The number of aromatic nitrogens is 4. The Morgan fingerprint density at radius 1 is 1.03 bits per heavy atom. The predicted molar refractivity (Wildman–Crippen MR) is 124 cm³/mol. The second kappa shape index (κ2) is 8.12. The SMILES string of the molecule is Cc1c(-c2cc(N3CCN(c4ncc(C(=O)O)cn4)CC3)ccc2Cl)nc2ccccn12. The standard InChI is InChI=1S/C23H21ClN6O2/c1-15-21(27-20-4-2-3-7-30(15)20)18-12-17(5-6-19(18)24)28-8-10-29(11-9-28)23-25-13-16(14-26-23)22(31)32/h2-7,12-14H,8-11H2,1H3,(H,31,32). The van der Waals surface area contributed by atoms with E-state index in [9.17, 15) is 4.79 Å². The van der Waals surface area contributed by atoms with Crippen molar-refractivity contribution in [2.75, 3.05) is 36.0 Å². The molecule has 1 saturated heterocycles. The molecular weight excluding hydrogens is 428 g/mol. The number of aryl methyl sites for hydroxylation is 1. The van der Waals surface area contributed by atoms with E-state index in [2.05, 4.69) is 30.2 Å². The summed E-state index contributed by atoms with van der Waals surface area (Å²) in [5, 5.41) is 9.69. The van der Waals surface area contributed by atoms with E-state index in [1.807, 2.05) is 43.5 Å². The molecule has 1 N–H and O–H groups in total. The summed E-state index contributed by atoms with van der Waals surface area (Å²) in [5.41, 5.74) is 4.91. The Morgan fingerprint density at radius 3 is 2.44 bits per heavy atom. The average Bonchev–Trinajstić information content (AvgIpc) is 3.16. The minimum atomic E-state index is -1.03. The van der Waals surface area contributed by atoms with Crippen molar-refractivity contribution in [2.45, 2.75) is 6.92 Å². The van der Waals surface area contributed by atoms with E-state index < -0.39 is 5.97 Å². The molecule has 9 heteroatoms. The number of carbonyl (C=O) groups is 1. The highest BCUT2D eigenvalue weighted by molar-refractivity contribution is 6.33. The van der Waals surface area contributed by atoms with Crippen LogP contribution in [0.5, 0.6) is 0 Å². The molecule has 0 unspecified atom stereocenters. The monoisotopic (exact) mass is 448 g/mol. The van der Waals surface area contributed by atoms with Crippen molar-refractivity contribution in [1.82, 2.24) is 19.4 Å². The Kier molecular flexibility index (Phi) is 5.14. The van der Waals surface area contributed by atoms with E-state index in [0.29, 0.717) is 11.0 Å². The Bertz CT molecular complexity index is 1300. The van der Waals surface area contributed by atoms with Gasteiger partial charge in [-0.1, -0.05) is 17.7 Å². The molecule has 0 saturated carbocycles. The van der Waals surface area contributed by atoms with Crippen LogP contribution in [0.1, 0.15) is 16.1 Å². The van der Waals surface area contributed by atoms with E-state index in [0.717, 1.165) is 54.5 Å². The van der Waals surface area contributed by atoms with Crippen molar-refractivity contribution in [2.24, 2.45) is 0 Å². The minimum absolute atomic E-state index is 0.0864. The third-order valence-corrected chi connectivity index (χ3v) is 6.12. The van der Waals surface area contributed by atoms with Gasteiger partial charge >= 0.3 is 5.97 Å². The zero-order chi connectivity index (χ0) is 22.2. The first-order chi connectivity index (χ1) is 15.5. The summed E-state index contributed by atoms with van der Waals surface area (Å²) in [4.78, 5) is 28.6. The molecule has 1 aliphatic rings. The number of pyridine rings is 1. The number of piperazine rings is 1. The van der Waals surface area contributed by atoms with Crippen molar-refractivity contribution in [1.29, 1.82) is 0 Å². The Labute approximate surface area is 189 Å². The average molecular weight is 449 g/mol. The summed E-state index contributed by atoms with van der Waals surface area (Å²) >= 11 is 6.57. The predicted octanol–water partition coefficient (Wildman–Crippen LogP) is 3.78. The fraction of sp³-hybridized carbons (Fsp3) is 0.217. The molecular formula is C23H21ClN6O2. The van der Waals surface area contributed by atoms with Gasteiger partial charge in [-0.2, -0.15) is 0 Å². The lowest BCUT2D eigenvalue weighted by atomic mass is 10.1. The molecule has 8 nitrogen and oxygen atoms in total. The number of imidazole rings is 1. The number of anilines is 2. The van der Waals surface area contributed by atoms with Crippen molar-refractivity contribution >= 4 is 34.9 Å². The molecule has 1 aliphatic heterocycles. The number of carboxylic acid groups (broad SMARTS) is 1. The topological polar surface area (TPSA) is 86.9 Å². The van der Waals surface area contributed by atoms with Gasteiger partial charge < -0.3 is 19.3 Å². The summed E-state index contributed by atoms with van der Waals surface area (Å²) in [6.07, 6.45) is 4.70. The number of hydrogen-bond donors (Lipinski definition) is 1. The van der Waals surface area contributed by atoms with E-state index in [1.165, 1.54) is 12.4 Å². The molecule has 0 amide bonds. The fourth-order valence-electron chi connectivity index (χ4n) is 4.02. The van der Waals surface area contributed by atoms with Gasteiger partial charge in [-0.05, 0) is 37.3 Å². The maximum atomic E-state index is 11.0. The molecule has 162 valence electrons. The van der Waals surface area contributed by atoms with Crippen molar-refractivity contribution < 1.29 is 9.90 Å². The zero-order valence-corrected chi connectivity index (χ0v) is 18.2. The van der Waals surface area contributed by atoms with E-state index in [1.54, 1.807) is 0 Å². The van der Waals surface area contributed by atoms with Gasteiger partial charge in [-0.15, -0.1) is 0 Å². The normalized spacial score (nSPS) is 14.2. The molecule has 0 atom stereocenters. The van der Waals surface area contributed by atoms with E-state index >= 15 is 0 Å². The molecule has 1 fully saturated rings. The summed E-state index contributed by atoms with van der Waals surface area (Å²) in [6, 6.07) is 12.0. The first-order valence-electron chi connectivity index (χ1n) is 10.3. The summed E-state index contributed by atoms with van der Waals surface area (Å²) in [5.74, 6) is -0.479. The van der Waals surface area contributed by atoms with Gasteiger partial charge in [0.1, 0.15) is 5.65 Å². The van der Waals surface area contributed by atoms with Crippen LogP contribution in [-0.4, -0.2) is 56.6 Å². The highest BCUT2D eigenvalue weighted by atomic mass is 35.5. The van der Waals surface area contributed by atoms with Gasteiger partial charge in [0.2, 0.25) is 5.95 Å². The molecule has 32 heavy (non-hydrogen) atoms. The molecule has 0 radical (unpaired) electrons. The van der Waals surface area contributed by atoms with Gasteiger partial charge in [-0.25, -0.2) is 19.7 Å². The second-order valence-corrected chi connectivity index (χ2v) is 8.10. The third kappa shape index (κ3) is 3.62. The van der Waals surface area contributed by atoms with Gasteiger partial charge in [-0.3, -0.25) is 0 Å². The zero-order valence-electron chi connectivity index (χ0n) is 17.4. The molecule has 0 spiro atoms. The summed E-state index contributed by atoms with van der Waals surface area (Å²) < 4.78 is 2.06. The van der Waals surface area contributed by atoms with Crippen molar-refractivity contribution in [3.05, 3.63) is 71.3 Å². The van der Waals surface area contributed by atoms with Gasteiger partial charge in [0, 0.05) is 61.7 Å². The van der Waals surface area contributed by atoms with Gasteiger partial charge in [0.05, 0.1) is 16.3 Å². The number of halogens is 1. The summed E-state index contributed by atoms with van der Waals surface area (Å²) in [6.45, 7) is 5.09.